The summed E-state index contributed by atoms with van der Waals surface area (Å²) >= 11 is 0. The van der Waals surface area contributed by atoms with Gasteiger partial charge in [-0.15, -0.1) is 10.2 Å². The molecule has 0 amide bonds. The molecule has 114 valence electrons. The van der Waals surface area contributed by atoms with Gasteiger partial charge in [-0.25, -0.2) is 33.0 Å². The Labute approximate surface area is 123 Å². The molecule has 0 saturated carbocycles. The van der Waals surface area contributed by atoms with Crippen LogP contribution in [0.4, 0.5) is 0 Å². The van der Waals surface area contributed by atoms with Gasteiger partial charge in [0.1, 0.15) is 11.3 Å². The van der Waals surface area contributed by atoms with Gasteiger partial charge >= 0.3 is 5.56 Å². The van der Waals surface area contributed by atoms with Crippen LogP contribution in [-0.2, 0) is 7.05 Å². The Balaban J connectivity index is 0.000000383. The van der Waals surface area contributed by atoms with Crippen molar-refractivity contribution in [1.29, 1.82) is 0 Å². The summed E-state index contributed by atoms with van der Waals surface area (Å²) in [5.74, 6) is 0.863. The summed E-state index contributed by atoms with van der Waals surface area (Å²) in [5, 5.41) is 0. The average molecular weight is 315 g/mol. The molecule has 2 aromatic rings. The lowest BCUT2D eigenvalue weighted by Crippen LogP contribution is -2.68. The molecule has 0 radical (unpaired) electrons. The van der Waals surface area contributed by atoms with E-state index in [2.05, 4.69) is 4.98 Å². The molecule has 0 unspecified atom stereocenters. The molecule has 1 aromatic heterocycles. The maximum Gasteiger partial charge on any atom is 0.343 e. The van der Waals surface area contributed by atoms with Crippen LogP contribution in [0.1, 0.15) is 11.5 Å². The molecule has 0 atom stereocenters. The zero-order valence-electron chi connectivity index (χ0n) is 11.8. The topological polar surface area (TPSA) is 129 Å². The van der Waals surface area contributed by atoms with Gasteiger partial charge in [0.05, 0.1) is 7.05 Å². The molecular weight excluding hydrogens is 300 g/mol. The molecule has 0 saturated heterocycles. The third-order valence-electron chi connectivity index (χ3n) is 2.95. The van der Waals surface area contributed by atoms with Gasteiger partial charge in [-0.1, -0.05) is 30.3 Å². The molecule has 2 rings (SSSR count). The highest BCUT2D eigenvalue weighted by atomic mass is 35.7. The fraction of sp³-hybridized carbons (Fsp3) is 0.231. The number of hydrogen-bond acceptors (Lipinski definition) is 5. The summed E-state index contributed by atoms with van der Waals surface area (Å²) in [6.07, 6.45) is 0. The third kappa shape index (κ3) is 5.25. The molecule has 7 nitrogen and oxygen atoms in total. The minimum Gasteiger partial charge on any atom is -0.241 e. The number of nitrogens with one attached hydrogen (secondary N) is 1. The zero-order valence-corrected chi connectivity index (χ0v) is 12.5. The standard InChI is InChI=1S/C13H14N2O.ClHO4/c1-9-12(11-7-5-4-6-8-11)13(16)14-10(2)15(9)3;2-1(3,4)5/h4-8H,1-3H3;(H,2,3,4,5). The van der Waals surface area contributed by atoms with E-state index in [1.54, 1.807) is 0 Å². The number of benzene rings is 1. The predicted molar refractivity (Wildman–Crippen MR) is 63.1 cm³/mol. The van der Waals surface area contributed by atoms with Crippen LogP contribution in [0.5, 0.6) is 0 Å². The first-order chi connectivity index (χ1) is 9.61. The quantitative estimate of drug-likeness (QED) is 0.552. The summed E-state index contributed by atoms with van der Waals surface area (Å²) in [6.45, 7) is 3.85. The molecule has 0 aliphatic carbocycles. The number of hydrogen-bond donors (Lipinski definition) is 1. The summed E-state index contributed by atoms with van der Waals surface area (Å²) in [5.41, 5.74) is 2.65. The molecule has 0 bridgehead atoms. The van der Waals surface area contributed by atoms with Crippen molar-refractivity contribution in [3.63, 3.8) is 0 Å². The number of halogens is 1. The number of H-pyrrole nitrogens is 1. The van der Waals surface area contributed by atoms with Crippen molar-refractivity contribution in [3.05, 3.63) is 52.2 Å². The average Bonchev–Trinajstić information content (AvgIpc) is 2.35. The number of nitrogens with zero attached hydrogens (tertiary/aromatic N) is 1. The van der Waals surface area contributed by atoms with Gasteiger partial charge in [-0.05, 0) is 12.5 Å². The Morgan fingerprint density at radius 3 is 2.00 bits per heavy atom. The van der Waals surface area contributed by atoms with Crippen molar-refractivity contribution in [2.75, 3.05) is 0 Å². The summed E-state index contributed by atoms with van der Waals surface area (Å²) < 4.78 is 36.0. The number of aryl methyl sites for hydroxylation is 1. The van der Waals surface area contributed by atoms with Crippen LogP contribution in [0, 0.1) is 24.1 Å². The van der Waals surface area contributed by atoms with E-state index in [1.165, 1.54) is 0 Å². The highest BCUT2D eigenvalue weighted by Gasteiger charge is 2.16. The van der Waals surface area contributed by atoms with Gasteiger partial charge in [0, 0.05) is 6.92 Å². The minimum absolute atomic E-state index is 0.0284. The first-order valence-corrected chi connectivity index (χ1v) is 7.11. The molecule has 1 aromatic carbocycles. The zero-order chi connectivity index (χ0) is 16.2. The molecule has 0 aliphatic heterocycles. The van der Waals surface area contributed by atoms with Gasteiger partial charge in [0.15, 0.2) is 0 Å². The Morgan fingerprint density at radius 2 is 1.52 bits per heavy atom. The van der Waals surface area contributed by atoms with Crippen LogP contribution in [0.2, 0.25) is 0 Å². The SMILES string of the molecule is Cc1[nH]c(=O)c(-c2ccccc2)c(C)[n+]1C.[O-][Cl+3]([O-])([O-])[O-]. The maximum absolute atomic E-state index is 11.9. The van der Waals surface area contributed by atoms with Crippen LogP contribution in [0.3, 0.4) is 0 Å². The smallest absolute Gasteiger partial charge is 0.241 e. The van der Waals surface area contributed by atoms with Crippen molar-refractivity contribution >= 4 is 0 Å². The van der Waals surface area contributed by atoms with Crippen molar-refractivity contribution in [2.45, 2.75) is 13.8 Å². The highest BCUT2D eigenvalue weighted by Crippen LogP contribution is 2.15. The maximum atomic E-state index is 11.9. The Morgan fingerprint density at radius 1 is 1.05 bits per heavy atom. The van der Waals surface area contributed by atoms with E-state index in [1.807, 2.05) is 55.8 Å². The molecule has 0 fully saturated rings. The van der Waals surface area contributed by atoms with Crippen molar-refractivity contribution < 1.29 is 33.4 Å². The highest BCUT2D eigenvalue weighted by molar-refractivity contribution is 5.63. The first kappa shape index (κ1) is 17.3. The second kappa shape index (κ2) is 6.79. The fourth-order valence-corrected chi connectivity index (χ4v) is 1.84. The van der Waals surface area contributed by atoms with E-state index in [4.69, 9.17) is 18.6 Å². The Bertz CT molecular complexity index is 659. The van der Waals surface area contributed by atoms with Crippen LogP contribution in [0.15, 0.2) is 35.1 Å². The molecule has 0 spiro atoms. The van der Waals surface area contributed by atoms with Crippen LogP contribution >= 0.6 is 0 Å². The molecule has 0 aliphatic rings. The number of rotatable bonds is 1. The van der Waals surface area contributed by atoms with E-state index in [0.29, 0.717) is 0 Å². The van der Waals surface area contributed by atoms with Crippen molar-refractivity contribution in [1.82, 2.24) is 4.98 Å². The van der Waals surface area contributed by atoms with Crippen molar-refractivity contribution in [3.8, 4) is 11.1 Å². The first-order valence-electron chi connectivity index (χ1n) is 5.88. The second-order valence-corrected chi connectivity index (χ2v) is 5.06. The van der Waals surface area contributed by atoms with Gasteiger partial charge in [-0.3, -0.25) is 0 Å². The van der Waals surface area contributed by atoms with Gasteiger partial charge in [0.25, 0.3) is 5.82 Å². The Kier molecular flexibility index (Phi) is 5.59. The molecule has 21 heavy (non-hydrogen) atoms. The van der Waals surface area contributed by atoms with Crippen molar-refractivity contribution in [2.24, 2.45) is 7.05 Å². The minimum atomic E-state index is -4.94. The summed E-state index contributed by atoms with van der Waals surface area (Å²) in [7, 11) is -2.99. The number of aromatic amines is 1. The second-order valence-electron chi connectivity index (χ2n) is 4.30. The van der Waals surface area contributed by atoms with Crippen LogP contribution < -0.4 is 28.8 Å². The number of aromatic nitrogens is 2. The van der Waals surface area contributed by atoms with E-state index >= 15 is 0 Å². The largest absolute Gasteiger partial charge is 0.343 e. The molecule has 8 heteroatoms. The summed E-state index contributed by atoms with van der Waals surface area (Å²) in [6, 6.07) is 9.73. The van der Waals surface area contributed by atoms with Gasteiger partial charge in [0.2, 0.25) is 0 Å². The third-order valence-corrected chi connectivity index (χ3v) is 2.95. The van der Waals surface area contributed by atoms with E-state index < -0.39 is 10.2 Å². The molecule has 1 heterocycles. The Hall–Kier alpha value is -1.77. The van der Waals surface area contributed by atoms with E-state index in [-0.39, 0.29) is 5.56 Å². The lowest BCUT2D eigenvalue weighted by Gasteiger charge is -2.17. The normalized spacial score (nSPS) is 10.8. The lowest BCUT2D eigenvalue weighted by molar-refractivity contribution is -2.00. The van der Waals surface area contributed by atoms with Gasteiger partial charge < -0.3 is 0 Å². The van der Waals surface area contributed by atoms with Gasteiger partial charge in [-0.2, -0.15) is 0 Å². The van der Waals surface area contributed by atoms with E-state index in [0.717, 1.165) is 22.6 Å². The molecular formula is C13H15ClN2O5. The van der Waals surface area contributed by atoms with Crippen LogP contribution in [-0.4, -0.2) is 4.98 Å². The molecule has 1 N–H and O–H groups in total. The predicted octanol–water partition coefficient (Wildman–Crippen LogP) is -3.27. The fourth-order valence-electron chi connectivity index (χ4n) is 1.84. The summed E-state index contributed by atoms with van der Waals surface area (Å²) in [4.78, 5) is 14.8. The van der Waals surface area contributed by atoms with E-state index in [9.17, 15) is 4.79 Å². The monoisotopic (exact) mass is 314 g/mol. The van der Waals surface area contributed by atoms with Crippen LogP contribution in [0.25, 0.3) is 11.1 Å². The lowest BCUT2D eigenvalue weighted by atomic mass is 10.1.